The van der Waals surface area contributed by atoms with E-state index < -0.39 is 0 Å². The number of methoxy groups -OCH3 is 2. The van der Waals surface area contributed by atoms with Crippen molar-refractivity contribution < 1.29 is 14.2 Å². The van der Waals surface area contributed by atoms with Crippen LogP contribution in [0.5, 0.6) is 11.5 Å². The first-order valence-corrected chi connectivity index (χ1v) is 8.40. The van der Waals surface area contributed by atoms with Crippen molar-refractivity contribution in [3.05, 3.63) is 23.8 Å². The van der Waals surface area contributed by atoms with Crippen LogP contribution in [-0.2, 0) is 11.2 Å². The van der Waals surface area contributed by atoms with E-state index in [1.807, 2.05) is 6.07 Å². The average molecular weight is 357 g/mol. The fourth-order valence-corrected chi connectivity index (χ4v) is 4.57. The molecular weight excluding hydrogens is 332 g/mol. The molecule has 0 aliphatic carbocycles. The summed E-state index contributed by atoms with van der Waals surface area (Å²) in [7, 11) is 3.33. The van der Waals surface area contributed by atoms with Crippen LogP contribution in [0.2, 0.25) is 0 Å². The summed E-state index contributed by atoms with van der Waals surface area (Å²) >= 11 is 3.88. The summed E-state index contributed by atoms with van der Waals surface area (Å²) < 4.78 is 16.6. The Morgan fingerprint density at radius 3 is 2.29 bits per heavy atom. The van der Waals surface area contributed by atoms with Crippen molar-refractivity contribution >= 4 is 15.9 Å². The number of benzene rings is 1. The lowest BCUT2D eigenvalue weighted by molar-refractivity contribution is 0.0511. The van der Waals surface area contributed by atoms with Crippen LogP contribution >= 0.6 is 15.9 Å². The number of halogens is 1. The number of ether oxygens (including phenoxy) is 3. The minimum Gasteiger partial charge on any atom is -0.493 e. The molecule has 1 fully saturated rings. The molecule has 1 aromatic carbocycles. The van der Waals surface area contributed by atoms with E-state index in [9.17, 15) is 0 Å². The zero-order valence-electron chi connectivity index (χ0n) is 13.4. The fourth-order valence-electron chi connectivity index (χ4n) is 3.29. The smallest absolute Gasteiger partial charge is 0.160 e. The summed E-state index contributed by atoms with van der Waals surface area (Å²) in [5.41, 5.74) is 1.24. The molecule has 118 valence electrons. The molecule has 5 atom stereocenters. The van der Waals surface area contributed by atoms with Crippen LogP contribution < -0.4 is 9.47 Å². The van der Waals surface area contributed by atoms with Crippen molar-refractivity contribution in [2.75, 3.05) is 14.2 Å². The maximum atomic E-state index is 5.95. The quantitative estimate of drug-likeness (QED) is 0.744. The maximum Gasteiger partial charge on any atom is 0.160 e. The number of hydrogen-bond acceptors (Lipinski definition) is 3. The molecule has 4 heteroatoms. The third-order valence-electron chi connectivity index (χ3n) is 4.62. The lowest BCUT2D eigenvalue weighted by Gasteiger charge is -2.24. The van der Waals surface area contributed by atoms with E-state index in [0.29, 0.717) is 28.9 Å². The van der Waals surface area contributed by atoms with Gasteiger partial charge in [-0.1, -0.05) is 28.9 Å². The second-order valence-corrected chi connectivity index (χ2v) is 7.07. The van der Waals surface area contributed by atoms with Gasteiger partial charge < -0.3 is 14.2 Å². The summed E-state index contributed by atoms with van der Waals surface area (Å²) in [6.45, 7) is 6.62. The van der Waals surface area contributed by atoms with E-state index in [0.717, 1.165) is 17.9 Å². The molecule has 0 radical (unpaired) electrons. The zero-order valence-corrected chi connectivity index (χ0v) is 15.0. The molecule has 3 nitrogen and oxygen atoms in total. The average Bonchev–Trinajstić information content (AvgIpc) is 2.71. The Bertz CT molecular complexity index is 477. The number of hydrogen-bond donors (Lipinski definition) is 0. The van der Waals surface area contributed by atoms with Gasteiger partial charge in [-0.25, -0.2) is 0 Å². The highest BCUT2D eigenvalue weighted by Gasteiger charge is 2.40. The van der Waals surface area contributed by atoms with Gasteiger partial charge in [0.2, 0.25) is 0 Å². The summed E-state index contributed by atoms with van der Waals surface area (Å²) in [6, 6.07) is 6.13. The Hall–Kier alpha value is -0.740. The molecule has 1 aliphatic rings. The molecule has 0 spiro atoms. The van der Waals surface area contributed by atoms with Gasteiger partial charge in [0.05, 0.1) is 26.4 Å². The third kappa shape index (κ3) is 3.54. The first kappa shape index (κ1) is 16.6. The Kier molecular flexibility index (Phi) is 5.55. The van der Waals surface area contributed by atoms with E-state index in [1.165, 1.54) is 5.56 Å². The summed E-state index contributed by atoms with van der Waals surface area (Å²) in [6.07, 6.45) is 1.57. The normalized spacial score (nSPS) is 30.2. The lowest BCUT2D eigenvalue weighted by Crippen LogP contribution is -2.28. The van der Waals surface area contributed by atoms with Crippen LogP contribution in [0.15, 0.2) is 18.2 Å². The Morgan fingerprint density at radius 2 is 1.76 bits per heavy atom. The summed E-state index contributed by atoms with van der Waals surface area (Å²) in [5.74, 6) is 2.64. The molecule has 0 N–H and O–H groups in total. The second-order valence-electron chi connectivity index (χ2n) is 5.89. The predicted molar refractivity (Wildman–Crippen MR) is 88.6 cm³/mol. The van der Waals surface area contributed by atoms with E-state index in [2.05, 4.69) is 48.8 Å². The highest BCUT2D eigenvalue weighted by atomic mass is 79.9. The van der Waals surface area contributed by atoms with Crippen LogP contribution in [-0.4, -0.2) is 31.3 Å². The molecule has 5 unspecified atom stereocenters. The van der Waals surface area contributed by atoms with Crippen molar-refractivity contribution in [1.29, 1.82) is 0 Å². The highest BCUT2D eigenvalue weighted by Crippen LogP contribution is 2.39. The Labute approximate surface area is 136 Å². The van der Waals surface area contributed by atoms with Gasteiger partial charge in [-0.2, -0.15) is 0 Å². The molecular formula is C17H25BrO3. The largest absolute Gasteiger partial charge is 0.493 e. The molecule has 0 aromatic heterocycles. The number of alkyl halides is 1. The molecule has 1 heterocycles. The summed E-state index contributed by atoms with van der Waals surface area (Å²) in [5, 5.41) is 0. The molecule has 21 heavy (non-hydrogen) atoms. The van der Waals surface area contributed by atoms with Crippen molar-refractivity contribution in [1.82, 2.24) is 0 Å². The molecule has 0 saturated carbocycles. The SMILES string of the molecule is COc1ccc(CC(Br)C2C(C)OC(C)C2C)cc1OC. The monoisotopic (exact) mass is 356 g/mol. The van der Waals surface area contributed by atoms with Crippen molar-refractivity contribution in [2.45, 2.75) is 44.2 Å². The van der Waals surface area contributed by atoms with Crippen LogP contribution in [0, 0.1) is 11.8 Å². The molecule has 0 bridgehead atoms. The molecule has 0 amide bonds. The minimum absolute atomic E-state index is 0.291. The van der Waals surface area contributed by atoms with Gasteiger partial charge in [-0.05, 0) is 43.9 Å². The van der Waals surface area contributed by atoms with Gasteiger partial charge in [0.25, 0.3) is 0 Å². The fraction of sp³-hybridized carbons (Fsp3) is 0.647. The Morgan fingerprint density at radius 1 is 1.10 bits per heavy atom. The van der Waals surface area contributed by atoms with Gasteiger partial charge in [0.1, 0.15) is 0 Å². The zero-order chi connectivity index (χ0) is 15.6. The van der Waals surface area contributed by atoms with Crippen LogP contribution in [0.25, 0.3) is 0 Å². The molecule has 2 rings (SSSR count). The van der Waals surface area contributed by atoms with E-state index in [4.69, 9.17) is 14.2 Å². The van der Waals surface area contributed by atoms with Gasteiger partial charge in [0, 0.05) is 10.7 Å². The van der Waals surface area contributed by atoms with Gasteiger partial charge in [-0.3, -0.25) is 0 Å². The first-order chi connectivity index (χ1) is 9.97. The highest BCUT2D eigenvalue weighted by molar-refractivity contribution is 9.09. The van der Waals surface area contributed by atoms with E-state index in [-0.39, 0.29) is 0 Å². The standard InChI is InChI=1S/C17H25BrO3/c1-10-11(2)21-12(3)17(10)14(18)8-13-6-7-15(19-4)16(9-13)20-5/h6-7,9-12,14,17H,8H2,1-5H3. The summed E-state index contributed by atoms with van der Waals surface area (Å²) in [4.78, 5) is 0.394. The van der Waals surface area contributed by atoms with Crippen LogP contribution in [0.4, 0.5) is 0 Å². The van der Waals surface area contributed by atoms with Gasteiger partial charge in [0.15, 0.2) is 11.5 Å². The molecule has 1 aliphatic heterocycles. The number of rotatable bonds is 5. The topological polar surface area (TPSA) is 27.7 Å². The van der Waals surface area contributed by atoms with E-state index in [1.54, 1.807) is 14.2 Å². The third-order valence-corrected chi connectivity index (χ3v) is 5.55. The van der Waals surface area contributed by atoms with Crippen molar-refractivity contribution in [3.8, 4) is 11.5 Å². The predicted octanol–water partition coefficient (Wildman–Crippen LogP) is 4.07. The lowest BCUT2D eigenvalue weighted by atomic mass is 9.85. The van der Waals surface area contributed by atoms with Crippen LogP contribution in [0.1, 0.15) is 26.3 Å². The van der Waals surface area contributed by atoms with Gasteiger partial charge >= 0.3 is 0 Å². The van der Waals surface area contributed by atoms with Crippen molar-refractivity contribution in [2.24, 2.45) is 11.8 Å². The van der Waals surface area contributed by atoms with Crippen molar-refractivity contribution in [3.63, 3.8) is 0 Å². The molecule has 1 saturated heterocycles. The maximum absolute atomic E-state index is 5.95. The first-order valence-electron chi connectivity index (χ1n) is 7.48. The minimum atomic E-state index is 0.291. The Balaban J connectivity index is 2.11. The van der Waals surface area contributed by atoms with E-state index >= 15 is 0 Å². The van der Waals surface area contributed by atoms with Gasteiger partial charge in [-0.15, -0.1) is 0 Å². The molecule has 1 aromatic rings. The van der Waals surface area contributed by atoms with Crippen LogP contribution in [0.3, 0.4) is 0 Å². The second kappa shape index (κ2) is 7.01.